The van der Waals surface area contributed by atoms with E-state index in [1.54, 1.807) is 11.4 Å². The molecule has 2 atom stereocenters. The van der Waals surface area contributed by atoms with Gasteiger partial charge in [0, 0.05) is 26.7 Å². The Bertz CT molecular complexity index is 318. The van der Waals surface area contributed by atoms with Crippen molar-refractivity contribution in [1.29, 1.82) is 0 Å². The van der Waals surface area contributed by atoms with Crippen LogP contribution in [0.1, 0.15) is 6.92 Å². The SMILES string of the molecule is CCN(C)S(=O)(=O)N1C[C@H]2CNC[C@H]2C1. The highest BCUT2D eigenvalue weighted by atomic mass is 32.2. The number of nitrogens with one attached hydrogen (secondary N) is 1. The summed E-state index contributed by atoms with van der Waals surface area (Å²) < 4.78 is 27.1. The average molecular weight is 233 g/mol. The van der Waals surface area contributed by atoms with Crippen molar-refractivity contribution in [1.82, 2.24) is 13.9 Å². The van der Waals surface area contributed by atoms with Crippen LogP contribution in [0.5, 0.6) is 0 Å². The van der Waals surface area contributed by atoms with Crippen LogP contribution in [0, 0.1) is 11.8 Å². The molecule has 6 heteroatoms. The molecular weight excluding hydrogens is 214 g/mol. The fraction of sp³-hybridized carbons (Fsp3) is 1.00. The molecule has 0 aliphatic carbocycles. The van der Waals surface area contributed by atoms with Gasteiger partial charge in [-0.3, -0.25) is 0 Å². The molecule has 1 N–H and O–H groups in total. The highest BCUT2D eigenvalue weighted by Gasteiger charge is 2.41. The zero-order valence-corrected chi connectivity index (χ0v) is 10.1. The number of rotatable bonds is 3. The van der Waals surface area contributed by atoms with Crippen LogP contribution in [0.15, 0.2) is 0 Å². The fourth-order valence-corrected chi connectivity index (χ4v) is 3.84. The maximum atomic E-state index is 12.0. The Balaban J connectivity index is 2.07. The molecule has 0 unspecified atom stereocenters. The molecule has 2 saturated heterocycles. The summed E-state index contributed by atoms with van der Waals surface area (Å²) in [6.45, 7) is 5.69. The quantitative estimate of drug-likeness (QED) is 0.704. The highest BCUT2D eigenvalue weighted by molar-refractivity contribution is 7.86. The molecule has 0 amide bonds. The predicted molar refractivity (Wildman–Crippen MR) is 58.6 cm³/mol. The Hall–Kier alpha value is -0.170. The van der Waals surface area contributed by atoms with Crippen LogP contribution in [0.25, 0.3) is 0 Å². The molecular formula is C9H19N3O2S. The monoisotopic (exact) mass is 233 g/mol. The van der Waals surface area contributed by atoms with Crippen molar-refractivity contribution in [2.24, 2.45) is 11.8 Å². The van der Waals surface area contributed by atoms with Crippen LogP contribution < -0.4 is 5.32 Å². The molecule has 0 radical (unpaired) electrons. The van der Waals surface area contributed by atoms with Crippen molar-refractivity contribution in [3.05, 3.63) is 0 Å². The van der Waals surface area contributed by atoms with E-state index in [1.165, 1.54) is 4.31 Å². The van der Waals surface area contributed by atoms with Crippen molar-refractivity contribution < 1.29 is 8.42 Å². The maximum Gasteiger partial charge on any atom is 0.281 e. The van der Waals surface area contributed by atoms with Crippen LogP contribution in [-0.4, -0.2) is 56.8 Å². The first-order valence-electron chi connectivity index (χ1n) is 5.47. The minimum Gasteiger partial charge on any atom is -0.316 e. The molecule has 5 nitrogen and oxygen atoms in total. The number of hydrogen-bond acceptors (Lipinski definition) is 3. The molecule has 0 aromatic carbocycles. The Labute approximate surface area is 91.6 Å². The third-order valence-electron chi connectivity index (χ3n) is 3.52. The van der Waals surface area contributed by atoms with Crippen molar-refractivity contribution in [3.63, 3.8) is 0 Å². The summed E-state index contributed by atoms with van der Waals surface area (Å²) in [6, 6.07) is 0. The molecule has 0 spiro atoms. The van der Waals surface area contributed by atoms with Gasteiger partial charge >= 0.3 is 0 Å². The zero-order valence-electron chi connectivity index (χ0n) is 9.31. The van der Waals surface area contributed by atoms with E-state index in [0.29, 0.717) is 31.5 Å². The Morgan fingerprint density at radius 1 is 1.33 bits per heavy atom. The first-order valence-corrected chi connectivity index (χ1v) is 6.87. The lowest BCUT2D eigenvalue weighted by molar-refractivity contribution is 0.388. The molecule has 15 heavy (non-hydrogen) atoms. The van der Waals surface area contributed by atoms with E-state index in [9.17, 15) is 8.42 Å². The van der Waals surface area contributed by atoms with Gasteiger partial charge in [-0.1, -0.05) is 6.92 Å². The van der Waals surface area contributed by atoms with E-state index >= 15 is 0 Å². The minimum absolute atomic E-state index is 0.519. The van der Waals surface area contributed by atoms with Crippen molar-refractivity contribution in [2.45, 2.75) is 6.92 Å². The summed E-state index contributed by atoms with van der Waals surface area (Å²) in [5.41, 5.74) is 0. The van der Waals surface area contributed by atoms with Gasteiger partial charge in [0.1, 0.15) is 0 Å². The second kappa shape index (κ2) is 4.01. The topological polar surface area (TPSA) is 52.7 Å². The molecule has 2 heterocycles. The van der Waals surface area contributed by atoms with Gasteiger partial charge in [-0.2, -0.15) is 17.0 Å². The van der Waals surface area contributed by atoms with Crippen molar-refractivity contribution in [3.8, 4) is 0 Å². The second-order valence-corrected chi connectivity index (χ2v) is 6.45. The summed E-state index contributed by atoms with van der Waals surface area (Å²) in [4.78, 5) is 0. The third-order valence-corrected chi connectivity index (χ3v) is 5.52. The molecule has 2 aliphatic rings. The molecule has 0 bridgehead atoms. The molecule has 2 aliphatic heterocycles. The summed E-state index contributed by atoms with van der Waals surface area (Å²) >= 11 is 0. The fourth-order valence-electron chi connectivity index (χ4n) is 2.36. The van der Waals surface area contributed by atoms with E-state index in [0.717, 1.165) is 13.1 Å². The van der Waals surface area contributed by atoms with Gasteiger partial charge < -0.3 is 5.32 Å². The standard InChI is InChI=1S/C9H19N3O2S/c1-3-11(2)15(13,14)12-6-8-4-10-5-9(8)7-12/h8-10H,3-7H2,1-2H3/t8-,9+. The predicted octanol–water partition coefficient (Wildman–Crippen LogP) is -0.666. The first-order chi connectivity index (χ1) is 7.05. The molecule has 0 saturated carbocycles. The molecule has 88 valence electrons. The van der Waals surface area contributed by atoms with E-state index in [4.69, 9.17) is 0 Å². The Morgan fingerprint density at radius 3 is 2.33 bits per heavy atom. The van der Waals surface area contributed by atoms with E-state index < -0.39 is 10.2 Å². The van der Waals surface area contributed by atoms with E-state index in [-0.39, 0.29) is 0 Å². The minimum atomic E-state index is -3.19. The molecule has 2 rings (SSSR count). The summed E-state index contributed by atoms with van der Waals surface area (Å²) in [5, 5.41) is 3.30. The lowest BCUT2D eigenvalue weighted by Crippen LogP contribution is -2.41. The van der Waals surface area contributed by atoms with Gasteiger partial charge in [-0.15, -0.1) is 0 Å². The van der Waals surface area contributed by atoms with Crippen molar-refractivity contribution >= 4 is 10.2 Å². The average Bonchev–Trinajstić information content (AvgIpc) is 2.75. The van der Waals surface area contributed by atoms with Crippen LogP contribution in [-0.2, 0) is 10.2 Å². The van der Waals surface area contributed by atoms with Crippen LogP contribution >= 0.6 is 0 Å². The lowest BCUT2D eigenvalue weighted by Gasteiger charge is -2.23. The van der Waals surface area contributed by atoms with Gasteiger partial charge in [-0.05, 0) is 24.9 Å². The highest BCUT2D eigenvalue weighted by Crippen LogP contribution is 2.28. The smallest absolute Gasteiger partial charge is 0.281 e. The lowest BCUT2D eigenvalue weighted by atomic mass is 10.0. The first kappa shape index (κ1) is 11.3. The summed E-state index contributed by atoms with van der Waals surface area (Å²) in [6.07, 6.45) is 0. The molecule has 0 aromatic rings. The zero-order chi connectivity index (χ0) is 11.1. The van der Waals surface area contributed by atoms with Gasteiger partial charge in [-0.25, -0.2) is 0 Å². The summed E-state index contributed by atoms with van der Waals surface area (Å²) in [7, 11) is -1.55. The normalized spacial score (nSPS) is 32.5. The van der Waals surface area contributed by atoms with Crippen LogP contribution in [0.2, 0.25) is 0 Å². The van der Waals surface area contributed by atoms with Gasteiger partial charge in [0.05, 0.1) is 0 Å². The van der Waals surface area contributed by atoms with Gasteiger partial charge in [0.15, 0.2) is 0 Å². The van der Waals surface area contributed by atoms with Crippen molar-refractivity contribution in [2.75, 3.05) is 39.8 Å². The third kappa shape index (κ3) is 1.91. The van der Waals surface area contributed by atoms with E-state index in [2.05, 4.69) is 5.32 Å². The number of hydrogen-bond donors (Lipinski definition) is 1. The van der Waals surface area contributed by atoms with Crippen LogP contribution in [0.3, 0.4) is 0 Å². The Kier molecular flexibility index (Phi) is 3.03. The van der Waals surface area contributed by atoms with Gasteiger partial charge in [0.2, 0.25) is 0 Å². The largest absolute Gasteiger partial charge is 0.316 e. The van der Waals surface area contributed by atoms with E-state index in [1.807, 2.05) is 6.92 Å². The number of fused-ring (bicyclic) bond motifs is 1. The Morgan fingerprint density at radius 2 is 1.87 bits per heavy atom. The summed E-state index contributed by atoms with van der Waals surface area (Å²) in [5.74, 6) is 1.04. The van der Waals surface area contributed by atoms with Gasteiger partial charge in [0.25, 0.3) is 10.2 Å². The van der Waals surface area contributed by atoms with Crippen LogP contribution in [0.4, 0.5) is 0 Å². The number of nitrogens with zero attached hydrogens (tertiary/aromatic N) is 2. The molecule has 2 fully saturated rings. The molecule has 0 aromatic heterocycles. The maximum absolute atomic E-state index is 12.0. The second-order valence-electron chi connectivity index (χ2n) is 4.42.